The van der Waals surface area contributed by atoms with Gasteiger partial charge in [-0.25, -0.2) is 0 Å². The van der Waals surface area contributed by atoms with Crippen molar-refractivity contribution >= 4 is 28.8 Å². The van der Waals surface area contributed by atoms with Crippen molar-refractivity contribution in [2.24, 2.45) is 17.8 Å². The lowest BCUT2D eigenvalue weighted by atomic mass is 9.61. The van der Waals surface area contributed by atoms with Gasteiger partial charge in [0.25, 0.3) is 0 Å². The van der Waals surface area contributed by atoms with Gasteiger partial charge in [-0.05, 0) is 50.2 Å². The number of benzene rings is 1. The van der Waals surface area contributed by atoms with Gasteiger partial charge in [0.15, 0.2) is 17.3 Å². The first-order valence-corrected chi connectivity index (χ1v) is 10.5. The summed E-state index contributed by atoms with van der Waals surface area (Å²) in [6.07, 6.45) is 0.798. The number of fused-ring (bicyclic) bond motifs is 3. The summed E-state index contributed by atoms with van der Waals surface area (Å²) in [6, 6.07) is 1.76. The normalized spacial score (nSPS) is 24.3. The van der Waals surface area contributed by atoms with E-state index in [9.17, 15) is 29.7 Å². The molecule has 3 unspecified atom stereocenters. The maximum absolute atomic E-state index is 13.5. The SMILES string of the molecule is CC#Cc1cc(N(C)C)c2c(c1O)C(O)=C1C(=O)C3C(O)=C(C(C)=O)C(=O)CC3CC1C2. The summed E-state index contributed by atoms with van der Waals surface area (Å²) in [4.78, 5) is 39.7. The monoisotopic (exact) mass is 435 g/mol. The van der Waals surface area contributed by atoms with Crippen molar-refractivity contribution in [3.63, 3.8) is 0 Å². The Balaban J connectivity index is 1.94. The molecule has 3 N–H and O–H groups in total. The molecular formula is C25H25NO6. The fourth-order valence-electron chi connectivity index (χ4n) is 5.43. The van der Waals surface area contributed by atoms with E-state index in [0.29, 0.717) is 24.0 Å². The Bertz CT molecular complexity index is 1210. The Morgan fingerprint density at radius 2 is 1.84 bits per heavy atom. The molecule has 166 valence electrons. The quantitative estimate of drug-likeness (QED) is 0.483. The highest BCUT2D eigenvalue weighted by atomic mass is 16.3. The van der Waals surface area contributed by atoms with E-state index >= 15 is 0 Å². The molecule has 0 spiro atoms. The van der Waals surface area contributed by atoms with Crippen molar-refractivity contribution < 1.29 is 29.7 Å². The van der Waals surface area contributed by atoms with Crippen molar-refractivity contribution in [2.75, 3.05) is 19.0 Å². The number of aromatic hydroxyl groups is 1. The van der Waals surface area contributed by atoms with E-state index in [-0.39, 0.29) is 40.6 Å². The van der Waals surface area contributed by atoms with E-state index in [1.807, 2.05) is 19.0 Å². The molecule has 3 atom stereocenters. The first kappa shape index (κ1) is 21.7. The van der Waals surface area contributed by atoms with Crippen LogP contribution in [0.3, 0.4) is 0 Å². The Morgan fingerprint density at radius 1 is 1.16 bits per heavy atom. The molecule has 7 heteroatoms. The molecule has 0 radical (unpaired) electrons. The minimum atomic E-state index is -1.05. The largest absolute Gasteiger partial charge is 0.511 e. The van der Waals surface area contributed by atoms with E-state index in [2.05, 4.69) is 11.8 Å². The second-order valence-electron chi connectivity index (χ2n) is 8.86. The number of phenols is 1. The number of hydrogen-bond donors (Lipinski definition) is 3. The lowest BCUT2D eigenvalue weighted by Crippen LogP contribution is -2.43. The average molecular weight is 435 g/mol. The van der Waals surface area contributed by atoms with Gasteiger partial charge in [-0.1, -0.05) is 5.92 Å². The molecule has 0 aliphatic heterocycles. The van der Waals surface area contributed by atoms with Gasteiger partial charge >= 0.3 is 0 Å². The van der Waals surface area contributed by atoms with Gasteiger partial charge in [-0.2, -0.15) is 0 Å². The summed E-state index contributed by atoms with van der Waals surface area (Å²) in [5.41, 5.74) is 1.80. The molecule has 32 heavy (non-hydrogen) atoms. The van der Waals surface area contributed by atoms with Crippen molar-refractivity contribution in [3.8, 4) is 17.6 Å². The molecule has 3 aliphatic carbocycles. The molecule has 1 saturated carbocycles. The van der Waals surface area contributed by atoms with Crippen LogP contribution >= 0.6 is 0 Å². The predicted octanol–water partition coefficient (Wildman–Crippen LogP) is 2.85. The van der Waals surface area contributed by atoms with E-state index in [1.54, 1.807) is 13.0 Å². The summed E-state index contributed by atoms with van der Waals surface area (Å²) in [5.74, 6) is 1.17. The third-order valence-corrected chi connectivity index (χ3v) is 6.71. The van der Waals surface area contributed by atoms with Gasteiger partial charge in [0, 0.05) is 31.8 Å². The Kier molecular flexibility index (Phi) is 5.12. The molecule has 0 saturated heterocycles. The minimum Gasteiger partial charge on any atom is -0.511 e. The van der Waals surface area contributed by atoms with Crippen LogP contribution in [-0.4, -0.2) is 46.8 Å². The highest BCUT2D eigenvalue weighted by Crippen LogP contribution is 2.52. The predicted molar refractivity (Wildman–Crippen MR) is 118 cm³/mol. The number of rotatable bonds is 2. The van der Waals surface area contributed by atoms with Crippen LogP contribution in [0.5, 0.6) is 5.75 Å². The third kappa shape index (κ3) is 3.01. The van der Waals surface area contributed by atoms with Gasteiger partial charge < -0.3 is 20.2 Å². The van der Waals surface area contributed by atoms with Gasteiger partial charge in [-0.3, -0.25) is 14.4 Å². The van der Waals surface area contributed by atoms with Crippen LogP contribution in [0.15, 0.2) is 23.0 Å². The lowest BCUT2D eigenvalue weighted by Gasteiger charge is -2.41. The zero-order chi connectivity index (χ0) is 23.5. The number of carbonyl (C=O) groups is 3. The number of phenolic OH excluding ortho intramolecular Hbond substituents is 1. The zero-order valence-electron chi connectivity index (χ0n) is 18.4. The fraction of sp³-hybridized carbons (Fsp3) is 0.400. The Morgan fingerprint density at radius 3 is 2.44 bits per heavy atom. The number of hydrogen-bond acceptors (Lipinski definition) is 7. The van der Waals surface area contributed by atoms with Crippen LogP contribution in [0.1, 0.15) is 43.4 Å². The number of ketones is 3. The first-order chi connectivity index (χ1) is 15.1. The molecule has 0 heterocycles. The van der Waals surface area contributed by atoms with Crippen LogP contribution in [0.25, 0.3) is 5.76 Å². The first-order valence-electron chi connectivity index (χ1n) is 10.5. The molecular weight excluding hydrogens is 410 g/mol. The maximum Gasteiger partial charge on any atom is 0.173 e. The highest BCUT2D eigenvalue weighted by molar-refractivity contribution is 6.22. The number of Topliss-reactive ketones (excluding diaryl/α,β-unsaturated/α-hetero) is 3. The summed E-state index contributed by atoms with van der Waals surface area (Å²) in [5, 5.41) is 32.8. The number of allylic oxidation sites excluding steroid dienone is 3. The number of anilines is 1. The molecule has 1 aromatic rings. The third-order valence-electron chi connectivity index (χ3n) is 6.71. The van der Waals surface area contributed by atoms with Gasteiger partial charge in [0.2, 0.25) is 0 Å². The molecule has 7 nitrogen and oxygen atoms in total. The molecule has 0 amide bonds. The molecule has 3 aliphatic rings. The van der Waals surface area contributed by atoms with Gasteiger partial charge in [0.1, 0.15) is 17.3 Å². The second kappa shape index (κ2) is 7.56. The van der Waals surface area contributed by atoms with Crippen molar-refractivity contribution in [3.05, 3.63) is 39.7 Å². The standard InChI is InChI=1S/C25H25NO6/c1-5-6-12-9-16(26(3)4)15-8-13-7-14-10-17(28)18(11(2)27)23(30)20(14)24(31)19(13)25(32)21(15)22(12)29/h9,13-14,20,29-30,32H,7-8,10H2,1-4H3. The van der Waals surface area contributed by atoms with E-state index in [1.165, 1.54) is 6.92 Å². The topological polar surface area (TPSA) is 115 Å². The molecule has 4 rings (SSSR count). The second-order valence-corrected chi connectivity index (χ2v) is 8.86. The van der Waals surface area contributed by atoms with Crippen molar-refractivity contribution in [1.82, 2.24) is 0 Å². The van der Waals surface area contributed by atoms with Crippen LogP contribution in [0, 0.1) is 29.6 Å². The highest BCUT2D eigenvalue weighted by Gasteiger charge is 2.50. The maximum atomic E-state index is 13.5. The van der Waals surface area contributed by atoms with Crippen molar-refractivity contribution in [2.45, 2.75) is 33.1 Å². The number of nitrogens with zero attached hydrogens (tertiary/aromatic N) is 1. The van der Waals surface area contributed by atoms with Crippen LogP contribution in [0.2, 0.25) is 0 Å². The minimum absolute atomic E-state index is 0.00357. The average Bonchev–Trinajstić information content (AvgIpc) is 2.68. The molecule has 1 aromatic carbocycles. The number of aliphatic hydroxyl groups is 2. The molecule has 1 fully saturated rings. The van der Waals surface area contributed by atoms with Crippen molar-refractivity contribution in [1.29, 1.82) is 0 Å². The summed E-state index contributed by atoms with van der Waals surface area (Å²) in [7, 11) is 3.69. The Labute approximate surface area is 186 Å². The molecule has 0 bridgehead atoms. The van der Waals surface area contributed by atoms with E-state index < -0.39 is 34.9 Å². The van der Waals surface area contributed by atoms with Gasteiger partial charge in [0.05, 0.1) is 22.6 Å². The van der Waals surface area contributed by atoms with E-state index in [4.69, 9.17) is 0 Å². The van der Waals surface area contributed by atoms with Crippen LogP contribution in [0.4, 0.5) is 5.69 Å². The Hall–Kier alpha value is -3.53. The van der Waals surface area contributed by atoms with E-state index in [0.717, 1.165) is 5.69 Å². The zero-order valence-corrected chi connectivity index (χ0v) is 18.4. The van der Waals surface area contributed by atoms with Crippen LogP contribution in [-0.2, 0) is 20.8 Å². The summed E-state index contributed by atoms with van der Waals surface area (Å²) < 4.78 is 0. The smallest absolute Gasteiger partial charge is 0.173 e. The number of aliphatic hydroxyl groups excluding tert-OH is 2. The van der Waals surface area contributed by atoms with Crippen LogP contribution < -0.4 is 4.90 Å². The summed E-state index contributed by atoms with van der Waals surface area (Å²) in [6.45, 7) is 2.82. The number of carbonyl (C=O) groups excluding carboxylic acids is 3. The lowest BCUT2D eigenvalue weighted by molar-refractivity contribution is -0.127. The molecule has 0 aromatic heterocycles. The van der Waals surface area contributed by atoms with Gasteiger partial charge in [-0.15, -0.1) is 5.92 Å². The summed E-state index contributed by atoms with van der Waals surface area (Å²) >= 11 is 0. The fourth-order valence-corrected chi connectivity index (χ4v) is 5.43.